The Balaban J connectivity index is 0.00000361. The molecule has 6 heteroatoms. The minimum atomic E-state index is 0. The molecule has 0 saturated heterocycles. The molecule has 0 amide bonds. The highest BCUT2D eigenvalue weighted by Gasteiger charge is 1.98. The molecule has 0 spiro atoms. The lowest BCUT2D eigenvalue weighted by molar-refractivity contribution is 0.587. The van der Waals surface area contributed by atoms with E-state index < -0.39 is 0 Å². The average molecular weight is 393 g/mol. The Labute approximate surface area is 139 Å². The summed E-state index contributed by atoms with van der Waals surface area (Å²) in [5.74, 6) is 2.00. The van der Waals surface area contributed by atoms with Crippen molar-refractivity contribution in [1.82, 2.24) is 20.2 Å². The van der Waals surface area contributed by atoms with E-state index in [2.05, 4.69) is 32.1 Å². The summed E-state index contributed by atoms with van der Waals surface area (Å²) in [4.78, 5) is 8.42. The number of halogens is 1. The molecule has 116 valence electrons. The highest BCUT2D eigenvalue weighted by molar-refractivity contribution is 14.0. The van der Waals surface area contributed by atoms with Gasteiger partial charge in [0.2, 0.25) is 0 Å². The van der Waals surface area contributed by atoms with Crippen molar-refractivity contribution >= 4 is 29.9 Å². The topological polar surface area (TPSA) is 54.2 Å². The molecule has 0 aliphatic carbocycles. The Morgan fingerprint density at radius 1 is 1.25 bits per heavy atom. The number of nitrogens with one attached hydrogen (secondary N) is 2. The summed E-state index contributed by atoms with van der Waals surface area (Å²) in [5, 5.41) is 6.64. The second-order valence-corrected chi connectivity index (χ2v) is 4.65. The van der Waals surface area contributed by atoms with Crippen LogP contribution >= 0.6 is 24.0 Å². The largest absolute Gasteiger partial charge is 0.356 e. The number of rotatable bonds is 8. The normalized spacial score (nSPS) is 11.1. The molecule has 1 aromatic heterocycles. The van der Waals surface area contributed by atoms with Gasteiger partial charge in [-0.2, -0.15) is 0 Å². The zero-order valence-electron chi connectivity index (χ0n) is 12.9. The Kier molecular flexibility index (Phi) is 11.5. The predicted octanol–water partition coefficient (Wildman–Crippen LogP) is 2.55. The second-order valence-electron chi connectivity index (χ2n) is 4.65. The lowest BCUT2D eigenvalue weighted by atomic mass is 10.3. The highest BCUT2D eigenvalue weighted by atomic mass is 127. The van der Waals surface area contributed by atoms with E-state index in [-0.39, 0.29) is 24.0 Å². The van der Waals surface area contributed by atoms with Gasteiger partial charge in [-0.05, 0) is 26.2 Å². The first-order valence-electron chi connectivity index (χ1n) is 7.20. The van der Waals surface area contributed by atoms with Gasteiger partial charge in [-0.15, -0.1) is 24.0 Å². The third kappa shape index (κ3) is 7.72. The van der Waals surface area contributed by atoms with Gasteiger partial charge >= 0.3 is 0 Å². The summed E-state index contributed by atoms with van der Waals surface area (Å²) in [7, 11) is 1.82. The standard InChI is InChI=1S/C14H27N5.HI/c1-4-5-8-17-14(15-3)18-9-6-7-11-19-12-10-16-13(19)2;/h10,12H,4-9,11H2,1-3H3,(H2,15,17,18);1H. The van der Waals surface area contributed by atoms with Crippen molar-refractivity contribution < 1.29 is 0 Å². The smallest absolute Gasteiger partial charge is 0.190 e. The number of aromatic nitrogens is 2. The van der Waals surface area contributed by atoms with Crippen LogP contribution in [0, 0.1) is 6.92 Å². The summed E-state index contributed by atoms with van der Waals surface area (Å²) in [5.41, 5.74) is 0. The van der Waals surface area contributed by atoms with Crippen LogP contribution in [-0.4, -0.2) is 35.6 Å². The van der Waals surface area contributed by atoms with Crippen molar-refractivity contribution in [3.8, 4) is 0 Å². The molecule has 1 aromatic rings. The first-order valence-corrected chi connectivity index (χ1v) is 7.20. The van der Waals surface area contributed by atoms with E-state index in [0.29, 0.717) is 0 Å². The molecule has 0 atom stereocenters. The van der Waals surface area contributed by atoms with E-state index in [0.717, 1.165) is 44.3 Å². The molecule has 0 fully saturated rings. The van der Waals surface area contributed by atoms with Gasteiger partial charge in [0.1, 0.15) is 5.82 Å². The fourth-order valence-electron chi connectivity index (χ4n) is 1.86. The van der Waals surface area contributed by atoms with E-state index in [9.17, 15) is 0 Å². The molecular weight excluding hydrogens is 365 g/mol. The monoisotopic (exact) mass is 393 g/mol. The van der Waals surface area contributed by atoms with Gasteiger partial charge < -0.3 is 15.2 Å². The van der Waals surface area contributed by atoms with Gasteiger partial charge in [-0.1, -0.05) is 13.3 Å². The number of unbranched alkanes of at least 4 members (excludes halogenated alkanes) is 2. The number of aliphatic imine (C=N–C) groups is 1. The SMILES string of the molecule is CCCCNC(=NC)NCCCCn1ccnc1C.I. The van der Waals surface area contributed by atoms with Gasteiger partial charge in [0.25, 0.3) is 0 Å². The first kappa shape index (κ1) is 19.2. The van der Waals surface area contributed by atoms with Gasteiger partial charge in [0.05, 0.1) is 0 Å². The van der Waals surface area contributed by atoms with Gasteiger partial charge in [-0.25, -0.2) is 4.98 Å². The van der Waals surface area contributed by atoms with Crippen LogP contribution in [0.25, 0.3) is 0 Å². The first-order chi connectivity index (χ1) is 9.27. The van der Waals surface area contributed by atoms with Crippen LogP contribution in [0.15, 0.2) is 17.4 Å². The highest BCUT2D eigenvalue weighted by Crippen LogP contribution is 1.99. The third-order valence-corrected chi connectivity index (χ3v) is 3.09. The third-order valence-electron chi connectivity index (χ3n) is 3.09. The Morgan fingerprint density at radius 2 is 1.95 bits per heavy atom. The summed E-state index contributed by atoms with van der Waals surface area (Å²) >= 11 is 0. The Hall–Kier alpha value is -0.790. The quantitative estimate of drug-likeness (QED) is 0.309. The van der Waals surface area contributed by atoms with Crippen molar-refractivity contribution in [3.05, 3.63) is 18.2 Å². The molecule has 20 heavy (non-hydrogen) atoms. The number of nitrogens with zero attached hydrogens (tertiary/aromatic N) is 3. The molecule has 5 nitrogen and oxygen atoms in total. The molecule has 1 rings (SSSR count). The maximum atomic E-state index is 4.22. The summed E-state index contributed by atoms with van der Waals surface area (Å²) in [6.07, 6.45) is 8.55. The number of guanidine groups is 1. The molecule has 0 aromatic carbocycles. The van der Waals surface area contributed by atoms with Crippen LogP contribution in [-0.2, 0) is 6.54 Å². The second kappa shape index (κ2) is 12.0. The zero-order valence-corrected chi connectivity index (χ0v) is 15.2. The molecular formula is C14H28IN5. The van der Waals surface area contributed by atoms with Crippen molar-refractivity contribution in [2.24, 2.45) is 4.99 Å². The van der Waals surface area contributed by atoms with Crippen molar-refractivity contribution in [2.45, 2.75) is 46.1 Å². The van der Waals surface area contributed by atoms with Crippen molar-refractivity contribution in [2.75, 3.05) is 20.1 Å². The van der Waals surface area contributed by atoms with Crippen LogP contribution < -0.4 is 10.6 Å². The minimum absolute atomic E-state index is 0. The van der Waals surface area contributed by atoms with Crippen LogP contribution in [0.5, 0.6) is 0 Å². The summed E-state index contributed by atoms with van der Waals surface area (Å²) < 4.78 is 2.19. The number of hydrogen-bond donors (Lipinski definition) is 2. The molecule has 0 aliphatic heterocycles. The van der Waals surface area contributed by atoms with Crippen LogP contribution in [0.1, 0.15) is 38.4 Å². The van der Waals surface area contributed by atoms with E-state index >= 15 is 0 Å². The van der Waals surface area contributed by atoms with E-state index in [4.69, 9.17) is 0 Å². The van der Waals surface area contributed by atoms with Gasteiger partial charge in [0, 0.05) is 39.1 Å². The fourth-order valence-corrected chi connectivity index (χ4v) is 1.86. The molecule has 0 radical (unpaired) electrons. The lowest BCUT2D eigenvalue weighted by Gasteiger charge is -2.11. The summed E-state index contributed by atoms with van der Waals surface area (Å²) in [6, 6.07) is 0. The van der Waals surface area contributed by atoms with Crippen LogP contribution in [0.4, 0.5) is 0 Å². The number of imidazole rings is 1. The Bertz CT molecular complexity index is 375. The van der Waals surface area contributed by atoms with Gasteiger partial charge in [-0.3, -0.25) is 4.99 Å². The molecule has 2 N–H and O–H groups in total. The molecule has 0 bridgehead atoms. The molecule has 0 aliphatic rings. The Morgan fingerprint density at radius 3 is 2.50 bits per heavy atom. The fraction of sp³-hybridized carbons (Fsp3) is 0.714. The maximum absolute atomic E-state index is 4.22. The summed E-state index contributed by atoms with van der Waals surface area (Å²) in [6.45, 7) is 7.22. The van der Waals surface area contributed by atoms with Crippen LogP contribution in [0.3, 0.4) is 0 Å². The predicted molar refractivity (Wildman–Crippen MR) is 95.9 cm³/mol. The molecule has 0 saturated carbocycles. The van der Waals surface area contributed by atoms with Crippen LogP contribution in [0.2, 0.25) is 0 Å². The zero-order chi connectivity index (χ0) is 13.9. The lowest BCUT2D eigenvalue weighted by Crippen LogP contribution is -2.38. The molecule has 1 heterocycles. The van der Waals surface area contributed by atoms with E-state index in [1.165, 1.54) is 12.8 Å². The average Bonchev–Trinajstić information content (AvgIpc) is 2.82. The van der Waals surface area contributed by atoms with Crippen molar-refractivity contribution in [3.63, 3.8) is 0 Å². The minimum Gasteiger partial charge on any atom is -0.356 e. The number of hydrogen-bond acceptors (Lipinski definition) is 2. The van der Waals surface area contributed by atoms with Crippen molar-refractivity contribution in [1.29, 1.82) is 0 Å². The molecule has 0 unspecified atom stereocenters. The van der Waals surface area contributed by atoms with E-state index in [1.54, 1.807) is 0 Å². The maximum Gasteiger partial charge on any atom is 0.190 e. The number of aryl methyl sites for hydroxylation is 2. The van der Waals surface area contributed by atoms with Gasteiger partial charge in [0.15, 0.2) is 5.96 Å². The van der Waals surface area contributed by atoms with E-state index in [1.807, 2.05) is 26.4 Å².